The van der Waals surface area contributed by atoms with Gasteiger partial charge in [-0.15, -0.1) is 0 Å². The molecule has 92 valence electrons. The Balaban J connectivity index is 2.17. The van der Waals surface area contributed by atoms with Crippen LogP contribution in [0.15, 0.2) is 24.3 Å². The Kier molecular flexibility index (Phi) is 3.07. The minimum atomic E-state index is -0.313. The summed E-state index contributed by atoms with van der Waals surface area (Å²) < 4.78 is 0. The van der Waals surface area contributed by atoms with Crippen molar-refractivity contribution in [2.45, 2.75) is 13.3 Å². The molecular weight excluding hydrogens is 216 g/mol. The Hall–Kier alpha value is -1.55. The molecule has 1 fully saturated rings. The zero-order chi connectivity index (χ0) is 12.5. The highest BCUT2D eigenvalue weighted by molar-refractivity contribution is 5.97. The zero-order valence-corrected chi connectivity index (χ0v) is 10.2. The summed E-state index contributed by atoms with van der Waals surface area (Å²) in [5.41, 5.74) is 0.494. The molecule has 0 aliphatic carbocycles. The predicted molar refractivity (Wildman–Crippen MR) is 67.1 cm³/mol. The number of nitrogens with one attached hydrogen (secondary N) is 1. The normalized spacial score (nSPS) is 23.6. The number of hydrogen-bond acceptors (Lipinski definition) is 3. The molecule has 4 heteroatoms. The standard InChI is InChI=1S/C13H18N2O2/c1-13(7-8-14-9-13)12(17)15(2)10-3-5-11(16)6-4-10/h3-6,14,16H,7-9H2,1-2H3. The van der Waals surface area contributed by atoms with Crippen LogP contribution < -0.4 is 10.2 Å². The van der Waals surface area contributed by atoms with Gasteiger partial charge in [-0.2, -0.15) is 0 Å². The summed E-state index contributed by atoms with van der Waals surface area (Å²) in [7, 11) is 1.78. The first-order valence-electron chi connectivity index (χ1n) is 5.81. The van der Waals surface area contributed by atoms with E-state index in [1.54, 1.807) is 36.2 Å². The summed E-state index contributed by atoms with van der Waals surface area (Å²) >= 11 is 0. The summed E-state index contributed by atoms with van der Waals surface area (Å²) in [4.78, 5) is 14.0. The highest BCUT2D eigenvalue weighted by Crippen LogP contribution is 2.29. The molecule has 1 atom stereocenters. The number of benzene rings is 1. The number of anilines is 1. The topological polar surface area (TPSA) is 52.6 Å². The molecule has 0 radical (unpaired) electrons. The molecule has 17 heavy (non-hydrogen) atoms. The fourth-order valence-electron chi connectivity index (χ4n) is 2.20. The third-order valence-corrected chi connectivity index (χ3v) is 3.43. The third-order valence-electron chi connectivity index (χ3n) is 3.43. The first-order valence-corrected chi connectivity index (χ1v) is 5.81. The summed E-state index contributed by atoms with van der Waals surface area (Å²) in [6.07, 6.45) is 0.869. The molecule has 2 N–H and O–H groups in total. The second kappa shape index (κ2) is 4.37. The van der Waals surface area contributed by atoms with Crippen molar-refractivity contribution >= 4 is 11.6 Å². The van der Waals surface area contributed by atoms with Gasteiger partial charge in [0.25, 0.3) is 0 Å². The Morgan fingerprint density at radius 3 is 2.59 bits per heavy atom. The smallest absolute Gasteiger partial charge is 0.233 e. The minimum absolute atomic E-state index is 0.119. The lowest BCUT2D eigenvalue weighted by atomic mass is 9.88. The molecule has 0 aromatic heterocycles. The number of nitrogens with zero attached hydrogens (tertiary/aromatic N) is 1. The molecule has 2 rings (SSSR count). The van der Waals surface area contributed by atoms with Gasteiger partial charge in [-0.05, 0) is 44.2 Å². The lowest BCUT2D eigenvalue weighted by molar-refractivity contribution is -0.126. The number of phenolic OH excluding ortho intramolecular Hbond substituents is 1. The number of carbonyl (C=O) groups is 1. The SMILES string of the molecule is CN(C(=O)C1(C)CCNC1)c1ccc(O)cc1. The van der Waals surface area contributed by atoms with Crippen molar-refractivity contribution in [3.63, 3.8) is 0 Å². The van der Waals surface area contributed by atoms with Crippen LogP contribution in [0, 0.1) is 5.41 Å². The van der Waals surface area contributed by atoms with E-state index in [2.05, 4.69) is 5.32 Å². The molecule has 4 nitrogen and oxygen atoms in total. The van der Waals surface area contributed by atoms with Gasteiger partial charge < -0.3 is 15.3 Å². The molecule has 1 aliphatic rings. The average Bonchev–Trinajstić information content (AvgIpc) is 2.76. The predicted octanol–water partition coefficient (Wildman–Crippen LogP) is 1.35. The van der Waals surface area contributed by atoms with Crippen LogP contribution in [0.1, 0.15) is 13.3 Å². The molecule has 1 aromatic rings. The number of aromatic hydroxyl groups is 1. The molecule has 0 spiro atoms. The Morgan fingerprint density at radius 1 is 1.41 bits per heavy atom. The first kappa shape index (κ1) is 11.9. The van der Waals surface area contributed by atoms with Gasteiger partial charge in [0.2, 0.25) is 5.91 Å². The fraction of sp³-hybridized carbons (Fsp3) is 0.462. The quantitative estimate of drug-likeness (QED) is 0.812. The first-order chi connectivity index (χ1) is 8.03. The average molecular weight is 234 g/mol. The van der Waals surface area contributed by atoms with Crippen LogP contribution in [0.4, 0.5) is 5.69 Å². The molecule has 1 saturated heterocycles. The molecule has 0 saturated carbocycles. The van der Waals surface area contributed by atoms with Crippen LogP contribution in [0.2, 0.25) is 0 Å². The lowest BCUT2D eigenvalue weighted by Crippen LogP contribution is -2.41. The fourth-order valence-corrected chi connectivity index (χ4v) is 2.20. The summed E-state index contributed by atoms with van der Waals surface area (Å²) in [5.74, 6) is 0.330. The maximum Gasteiger partial charge on any atom is 0.233 e. The van der Waals surface area contributed by atoms with Gasteiger partial charge in [0.1, 0.15) is 5.75 Å². The highest BCUT2D eigenvalue weighted by Gasteiger charge is 2.38. The third kappa shape index (κ3) is 2.26. The minimum Gasteiger partial charge on any atom is -0.508 e. The van der Waals surface area contributed by atoms with Crippen LogP contribution in [0.3, 0.4) is 0 Å². The molecule has 1 heterocycles. The van der Waals surface area contributed by atoms with Gasteiger partial charge in [0.15, 0.2) is 0 Å². The van der Waals surface area contributed by atoms with E-state index in [1.165, 1.54) is 0 Å². The molecule has 1 amide bonds. The van der Waals surface area contributed by atoms with E-state index in [9.17, 15) is 9.90 Å². The maximum absolute atomic E-state index is 12.4. The van der Waals surface area contributed by atoms with E-state index in [4.69, 9.17) is 0 Å². The van der Waals surface area contributed by atoms with Crippen LogP contribution in [0.5, 0.6) is 5.75 Å². The van der Waals surface area contributed by atoms with Gasteiger partial charge in [0.05, 0.1) is 5.41 Å². The van der Waals surface area contributed by atoms with Crippen molar-refractivity contribution in [1.82, 2.24) is 5.32 Å². The number of rotatable bonds is 2. The van der Waals surface area contributed by atoms with Crippen molar-refractivity contribution in [2.75, 3.05) is 25.0 Å². The maximum atomic E-state index is 12.4. The van der Waals surface area contributed by atoms with Crippen LogP contribution >= 0.6 is 0 Å². The highest BCUT2D eigenvalue weighted by atomic mass is 16.3. The lowest BCUT2D eigenvalue weighted by Gasteiger charge is -2.28. The Bertz CT molecular complexity index is 408. The van der Waals surface area contributed by atoms with E-state index in [1.807, 2.05) is 6.92 Å². The molecular formula is C13H18N2O2. The molecule has 1 aliphatic heterocycles. The van der Waals surface area contributed by atoms with Gasteiger partial charge in [0, 0.05) is 19.3 Å². The van der Waals surface area contributed by atoms with Crippen molar-refractivity contribution in [3.05, 3.63) is 24.3 Å². The van der Waals surface area contributed by atoms with Crippen LogP contribution in [-0.2, 0) is 4.79 Å². The number of phenols is 1. The second-order valence-corrected chi connectivity index (χ2v) is 4.87. The van der Waals surface area contributed by atoms with Crippen molar-refractivity contribution < 1.29 is 9.90 Å². The van der Waals surface area contributed by atoms with E-state index in [0.29, 0.717) is 0 Å². The summed E-state index contributed by atoms with van der Waals surface area (Å²) in [6.45, 7) is 3.62. The zero-order valence-electron chi connectivity index (χ0n) is 10.2. The van der Waals surface area contributed by atoms with Gasteiger partial charge in [-0.1, -0.05) is 0 Å². The van der Waals surface area contributed by atoms with Crippen LogP contribution in [-0.4, -0.2) is 31.2 Å². The Labute approximate surface area is 101 Å². The van der Waals surface area contributed by atoms with E-state index in [0.717, 1.165) is 25.2 Å². The van der Waals surface area contributed by atoms with Gasteiger partial charge >= 0.3 is 0 Å². The number of hydrogen-bond donors (Lipinski definition) is 2. The van der Waals surface area contributed by atoms with Crippen molar-refractivity contribution in [1.29, 1.82) is 0 Å². The van der Waals surface area contributed by atoms with Crippen LogP contribution in [0.25, 0.3) is 0 Å². The number of amides is 1. The second-order valence-electron chi connectivity index (χ2n) is 4.87. The van der Waals surface area contributed by atoms with E-state index in [-0.39, 0.29) is 17.1 Å². The molecule has 1 aromatic carbocycles. The molecule has 0 bridgehead atoms. The van der Waals surface area contributed by atoms with E-state index < -0.39 is 0 Å². The van der Waals surface area contributed by atoms with Gasteiger partial charge in [-0.25, -0.2) is 0 Å². The summed E-state index contributed by atoms with van der Waals surface area (Å²) in [6, 6.07) is 6.68. The largest absolute Gasteiger partial charge is 0.508 e. The Morgan fingerprint density at radius 2 is 2.06 bits per heavy atom. The van der Waals surface area contributed by atoms with Crippen molar-refractivity contribution in [2.24, 2.45) is 5.41 Å². The monoisotopic (exact) mass is 234 g/mol. The number of carbonyl (C=O) groups excluding carboxylic acids is 1. The van der Waals surface area contributed by atoms with Crippen molar-refractivity contribution in [3.8, 4) is 5.75 Å². The van der Waals surface area contributed by atoms with Gasteiger partial charge in [-0.3, -0.25) is 4.79 Å². The molecule has 1 unspecified atom stereocenters. The summed E-state index contributed by atoms with van der Waals surface area (Å²) in [5, 5.41) is 12.4. The van der Waals surface area contributed by atoms with E-state index >= 15 is 0 Å².